The van der Waals surface area contributed by atoms with Crippen molar-refractivity contribution >= 4 is 27.4 Å². The number of hydrogen-bond acceptors (Lipinski definition) is 3. The zero-order valence-electron chi connectivity index (χ0n) is 8.13. The molecule has 0 aliphatic heterocycles. The molecular formula is C10H14BrN3. The Balaban J connectivity index is 2.07. The van der Waals surface area contributed by atoms with Crippen LogP contribution in [0.5, 0.6) is 0 Å². The van der Waals surface area contributed by atoms with Crippen molar-refractivity contribution in [3.8, 4) is 0 Å². The second-order valence-corrected chi connectivity index (χ2v) is 4.78. The molecule has 1 saturated carbocycles. The molecule has 0 amide bonds. The largest absolute Gasteiger partial charge is 0.396 e. The number of aromatic nitrogens is 1. The summed E-state index contributed by atoms with van der Waals surface area (Å²) in [7, 11) is 0. The molecule has 0 bridgehead atoms. The van der Waals surface area contributed by atoms with E-state index in [9.17, 15) is 0 Å². The van der Waals surface area contributed by atoms with Crippen LogP contribution in [0.2, 0.25) is 0 Å². The SMILES string of the molecule is CC(Nc1ncc(Br)cc1N)C1CC1. The molecule has 4 heteroatoms. The fraction of sp³-hybridized carbons (Fsp3) is 0.500. The van der Waals surface area contributed by atoms with Crippen LogP contribution in [0, 0.1) is 5.92 Å². The zero-order valence-corrected chi connectivity index (χ0v) is 9.71. The number of nitrogens with zero attached hydrogens (tertiary/aromatic N) is 1. The molecule has 3 nitrogen and oxygen atoms in total. The van der Waals surface area contributed by atoms with E-state index < -0.39 is 0 Å². The minimum Gasteiger partial charge on any atom is -0.396 e. The van der Waals surface area contributed by atoms with Crippen LogP contribution in [-0.2, 0) is 0 Å². The van der Waals surface area contributed by atoms with Crippen LogP contribution in [0.4, 0.5) is 11.5 Å². The van der Waals surface area contributed by atoms with E-state index >= 15 is 0 Å². The van der Waals surface area contributed by atoms with E-state index in [0.717, 1.165) is 16.2 Å². The van der Waals surface area contributed by atoms with Gasteiger partial charge in [0.25, 0.3) is 0 Å². The van der Waals surface area contributed by atoms with Crippen molar-refractivity contribution in [2.24, 2.45) is 5.92 Å². The highest BCUT2D eigenvalue weighted by atomic mass is 79.9. The Morgan fingerprint density at radius 3 is 2.93 bits per heavy atom. The summed E-state index contributed by atoms with van der Waals surface area (Å²) in [5.41, 5.74) is 6.54. The first-order valence-electron chi connectivity index (χ1n) is 4.84. The first kappa shape index (κ1) is 9.77. The van der Waals surface area contributed by atoms with Gasteiger partial charge in [-0.15, -0.1) is 0 Å². The predicted molar refractivity (Wildman–Crippen MR) is 62.2 cm³/mol. The Labute approximate surface area is 92.2 Å². The topological polar surface area (TPSA) is 50.9 Å². The lowest BCUT2D eigenvalue weighted by atomic mass is 10.2. The standard InChI is InChI=1S/C10H14BrN3/c1-6(7-2-3-7)14-10-9(12)4-8(11)5-13-10/h4-7H,2-3,12H2,1H3,(H,13,14). The first-order valence-corrected chi connectivity index (χ1v) is 5.63. The van der Waals surface area contributed by atoms with E-state index in [0.29, 0.717) is 11.7 Å². The highest BCUT2D eigenvalue weighted by Gasteiger charge is 2.28. The van der Waals surface area contributed by atoms with Crippen LogP contribution < -0.4 is 11.1 Å². The summed E-state index contributed by atoms with van der Waals surface area (Å²) in [5, 5.41) is 3.34. The number of pyridine rings is 1. The van der Waals surface area contributed by atoms with Gasteiger partial charge in [0, 0.05) is 16.7 Å². The molecule has 1 fully saturated rings. The Hall–Kier alpha value is -0.770. The molecule has 2 rings (SSSR count). The average Bonchev–Trinajstić information content (AvgIpc) is 2.92. The third-order valence-corrected chi connectivity index (χ3v) is 3.01. The van der Waals surface area contributed by atoms with Gasteiger partial charge in [-0.1, -0.05) is 0 Å². The van der Waals surface area contributed by atoms with E-state index in [1.807, 2.05) is 6.07 Å². The van der Waals surface area contributed by atoms with Crippen LogP contribution >= 0.6 is 15.9 Å². The smallest absolute Gasteiger partial charge is 0.149 e. The van der Waals surface area contributed by atoms with Gasteiger partial charge in [-0.3, -0.25) is 0 Å². The van der Waals surface area contributed by atoms with Gasteiger partial charge in [-0.05, 0) is 47.7 Å². The number of nitrogens with two attached hydrogens (primary N) is 1. The number of rotatable bonds is 3. The summed E-state index contributed by atoms with van der Waals surface area (Å²) < 4.78 is 0.916. The van der Waals surface area contributed by atoms with Crippen molar-refractivity contribution in [1.29, 1.82) is 0 Å². The van der Waals surface area contributed by atoms with Gasteiger partial charge in [0.15, 0.2) is 0 Å². The maximum absolute atomic E-state index is 5.84. The van der Waals surface area contributed by atoms with Gasteiger partial charge in [0.05, 0.1) is 5.69 Å². The monoisotopic (exact) mass is 255 g/mol. The molecule has 76 valence electrons. The molecular weight excluding hydrogens is 242 g/mol. The second-order valence-electron chi connectivity index (χ2n) is 3.86. The van der Waals surface area contributed by atoms with Crippen LogP contribution in [0.15, 0.2) is 16.7 Å². The van der Waals surface area contributed by atoms with E-state index in [1.165, 1.54) is 12.8 Å². The molecule has 1 aliphatic carbocycles. The Morgan fingerprint density at radius 2 is 2.36 bits per heavy atom. The summed E-state index contributed by atoms with van der Waals surface area (Å²) in [4.78, 5) is 4.24. The fourth-order valence-electron chi connectivity index (χ4n) is 1.51. The highest BCUT2D eigenvalue weighted by Crippen LogP contribution is 2.34. The summed E-state index contributed by atoms with van der Waals surface area (Å²) in [6.07, 6.45) is 4.41. The predicted octanol–water partition coefficient (Wildman–Crippen LogP) is 2.64. The maximum atomic E-state index is 5.84. The van der Waals surface area contributed by atoms with E-state index in [4.69, 9.17) is 5.73 Å². The van der Waals surface area contributed by atoms with Crippen molar-refractivity contribution in [2.45, 2.75) is 25.8 Å². The molecule has 0 aromatic carbocycles. The van der Waals surface area contributed by atoms with Gasteiger partial charge in [-0.2, -0.15) is 0 Å². The van der Waals surface area contributed by atoms with Gasteiger partial charge in [0.1, 0.15) is 5.82 Å². The zero-order chi connectivity index (χ0) is 10.1. The minimum atomic E-state index is 0.478. The average molecular weight is 256 g/mol. The summed E-state index contributed by atoms with van der Waals surface area (Å²) >= 11 is 3.33. The lowest BCUT2D eigenvalue weighted by molar-refractivity contribution is 0.691. The fourth-order valence-corrected chi connectivity index (χ4v) is 1.85. The van der Waals surface area contributed by atoms with E-state index in [2.05, 4.69) is 33.2 Å². The molecule has 1 aliphatic rings. The van der Waals surface area contributed by atoms with Crippen molar-refractivity contribution in [3.63, 3.8) is 0 Å². The molecule has 1 aromatic heterocycles. The third kappa shape index (κ3) is 2.18. The van der Waals surface area contributed by atoms with Crippen molar-refractivity contribution in [2.75, 3.05) is 11.1 Å². The lowest BCUT2D eigenvalue weighted by Gasteiger charge is -2.14. The molecule has 1 atom stereocenters. The first-order chi connectivity index (χ1) is 6.66. The van der Waals surface area contributed by atoms with Crippen molar-refractivity contribution < 1.29 is 0 Å². The molecule has 1 heterocycles. The number of hydrogen-bond donors (Lipinski definition) is 2. The molecule has 0 spiro atoms. The summed E-state index contributed by atoms with van der Waals surface area (Å²) in [5.74, 6) is 1.60. The molecule has 14 heavy (non-hydrogen) atoms. The van der Waals surface area contributed by atoms with Crippen LogP contribution in [0.25, 0.3) is 0 Å². The summed E-state index contributed by atoms with van der Waals surface area (Å²) in [6.45, 7) is 2.18. The molecule has 0 radical (unpaired) electrons. The molecule has 1 aromatic rings. The number of halogens is 1. The van der Waals surface area contributed by atoms with Gasteiger partial charge >= 0.3 is 0 Å². The van der Waals surface area contributed by atoms with Crippen LogP contribution in [0.3, 0.4) is 0 Å². The molecule has 1 unspecified atom stereocenters. The van der Waals surface area contributed by atoms with Crippen LogP contribution in [0.1, 0.15) is 19.8 Å². The number of anilines is 2. The Kier molecular flexibility index (Phi) is 2.63. The highest BCUT2D eigenvalue weighted by molar-refractivity contribution is 9.10. The van der Waals surface area contributed by atoms with Crippen molar-refractivity contribution in [3.05, 3.63) is 16.7 Å². The molecule has 0 saturated heterocycles. The van der Waals surface area contributed by atoms with Gasteiger partial charge < -0.3 is 11.1 Å². The van der Waals surface area contributed by atoms with Gasteiger partial charge in [0.2, 0.25) is 0 Å². The normalized spacial score (nSPS) is 17.9. The number of nitrogen functional groups attached to an aromatic ring is 1. The Bertz CT molecular complexity index is 336. The molecule has 3 N–H and O–H groups in total. The second kappa shape index (κ2) is 3.77. The maximum Gasteiger partial charge on any atom is 0.149 e. The lowest BCUT2D eigenvalue weighted by Crippen LogP contribution is -2.19. The van der Waals surface area contributed by atoms with E-state index in [-0.39, 0.29) is 0 Å². The third-order valence-electron chi connectivity index (χ3n) is 2.58. The van der Waals surface area contributed by atoms with Gasteiger partial charge in [-0.25, -0.2) is 4.98 Å². The van der Waals surface area contributed by atoms with E-state index in [1.54, 1.807) is 6.20 Å². The summed E-state index contributed by atoms with van der Waals surface area (Å²) in [6, 6.07) is 2.35. The Morgan fingerprint density at radius 1 is 1.64 bits per heavy atom. The minimum absolute atomic E-state index is 0.478. The quantitative estimate of drug-likeness (QED) is 0.874. The van der Waals surface area contributed by atoms with Crippen molar-refractivity contribution in [1.82, 2.24) is 4.98 Å². The number of nitrogens with one attached hydrogen (secondary N) is 1. The van der Waals surface area contributed by atoms with Crippen LogP contribution in [-0.4, -0.2) is 11.0 Å².